The molecule has 3 rings (SSSR count). The predicted molar refractivity (Wildman–Crippen MR) is 92.5 cm³/mol. The van der Waals surface area contributed by atoms with Gasteiger partial charge in [-0.25, -0.2) is 4.79 Å². The maximum absolute atomic E-state index is 12.3. The molecule has 3 aromatic rings. The zero-order valence-electron chi connectivity index (χ0n) is 13.8. The number of carbonyl (C=O) groups is 1. The summed E-state index contributed by atoms with van der Waals surface area (Å²) in [5.74, 6) is -0.570. The molecule has 0 radical (unpaired) electrons. The van der Waals surface area contributed by atoms with Gasteiger partial charge in [0.1, 0.15) is 6.54 Å². The van der Waals surface area contributed by atoms with Gasteiger partial charge in [-0.1, -0.05) is 28.9 Å². The summed E-state index contributed by atoms with van der Waals surface area (Å²) in [7, 11) is 1.12. The van der Waals surface area contributed by atoms with Crippen molar-refractivity contribution in [3.63, 3.8) is 0 Å². The number of nitrogens with zero attached hydrogens (tertiary/aromatic N) is 4. The molecule has 0 saturated heterocycles. The number of esters is 1. The van der Waals surface area contributed by atoms with Gasteiger partial charge in [0, 0.05) is 22.8 Å². The number of benzene rings is 1. The average molecular weight is 391 g/mol. The third-order valence-corrected chi connectivity index (χ3v) is 3.78. The van der Waals surface area contributed by atoms with Gasteiger partial charge in [0.15, 0.2) is 0 Å². The predicted octanol–water partition coefficient (Wildman–Crippen LogP) is 2.29. The number of hydrogen-bond donors (Lipinski definition) is 0. The summed E-state index contributed by atoms with van der Waals surface area (Å²) >= 11 is 5.92. The first-order chi connectivity index (χ1) is 12.9. The summed E-state index contributed by atoms with van der Waals surface area (Å²) in [6.45, 7) is -0.266. The van der Waals surface area contributed by atoms with Crippen LogP contribution in [0.4, 0.5) is 5.69 Å². The van der Waals surface area contributed by atoms with Crippen LogP contribution in [0.25, 0.3) is 11.4 Å². The van der Waals surface area contributed by atoms with Gasteiger partial charge in [0.25, 0.3) is 0 Å². The second-order valence-electron chi connectivity index (χ2n) is 5.32. The quantitative estimate of drug-likeness (QED) is 0.368. The van der Waals surface area contributed by atoms with E-state index in [1.807, 2.05) is 0 Å². The molecular weight excluding hydrogens is 380 g/mol. The molecule has 0 amide bonds. The van der Waals surface area contributed by atoms with Gasteiger partial charge in [0.2, 0.25) is 11.7 Å². The van der Waals surface area contributed by atoms with Gasteiger partial charge in [0.05, 0.1) is 17.6 Å². The van der Waals surface area contributed by atoms with E-state index in [0.717, 1.165) is 23.9 Å². The Labute approximate surface area is 156 Å². The normalized spacial score (nSPS) is 10.6. The molecule has 0 aliphatic carbocycles. The number of halogens is 1. The van der Waals surface area contributed by atoms with Crippen LogP contribution in [0.1, 0.15) is 16.2 Å². The summed E-state index contributed by atoms with van der Waals surface area (Å²) in [4.78, 5) is 38.3. The Bertz CT molecular complexity index is 1090. The Morgan fingerprint density at radius 3 is 2.85 bits per heavy atom. The molecule has 1 aromatic carbocycles. The summed E-state index contributed by atoms with van der Waals surface area (Å²) in [6, 6.07) is 7.60. The number of nitro groups is 1. The van der Waals surface area contributed by atoms with E-state index in [0.29, 0.717) is 10.6 Å². The summed E-state index contributed by atoms with van der Waals surface area (Å²) in [5, 5.41) is 15.4. The summed E-state index contributed by atoms with van der Waals surface area (Å²) in [6.07, 6.45) is 1.13. The number of aromatic nitrogens is 3. The monoisotopic (exact) mass is 390 g/mol. The maximum atomic E-state index is 12.3. The highest BCUT2D eigenvalue weighted by molar-refractivity contribution is 6.30. The fourth-order valence-electron chi connectivity index (χ4n) is 2.31. The smallest absolute Gasteiger partial charge is 0.339 e. The van der Waals surface area contributed by atoms with Crippen molar-refractivity contribution >= 4 is 23.3 Å². The molecule has 0 unspecified atom stereocenters. The van der Waals surface area contributed by atoms with Gasteiger partial charge in [-0.05, 0) is 12.1 Å². The number of methoxy groups -OCH3 is 1. The van der Waals surface area contributed by atoms with Crippen LogP contribution in [0.3, 0.4) is 0 Å². The Kier molecular flexibility index (Phi) is 4.99. The van der Waals surface area contributed by atoms with Crippen molar-refractivity contribution in [2.75, 3.05) is 7.11 Å². The minimum Gasteiger partial charge on any atom is -0.465 e. The lowest BCUT2D eigenvalue weighted by Gasteiger charge is -2.05. The number of hydrogen-bond acceptors (Lipinski definition) is 8. The fraction of sp³-hybridized carbons (Fsp3) is 0.125. The molecule has 0 bridgehead atoms. The van der Waals surface area contributed by atoms with Crippen LogP contribution in [0.5, 0.6) is 0 Å². The minimum atomic E-state index is -0.921. The first-order valence-electron chi connectivity index (χ1n) is 7.44. The molecule has 0 aliphatic rings. The van der Waals surface area contributed by atoms with E-state index >= 15 is 0 Å². The van der Waals surface area contributed by atoms with E-state index in [4.69, 9.17) is 16.1 Å². The first kappa shape index (κ1) is 18.3. The topological polar surface area (TPSA) is 130 Å². The van der Waals surface area contributed by atoms with E-state index in [-0.39, 0.29) is 23.8 Å². The van der Waals surface area contributed by atoms with Gasteiger partial charge >= 0.3 is 17.2 Å². The van der Waals surface area contributed by atoms with Crippen molar-refractivity contribution in [3.8, 4) is 11.4 Å². The zero-order chi connectivity index (χ0) is 19.6. The number of carbonyl (C=O) groups excluding carboxylic acids is 1. The van der Waals surface area contributed by atoms with E-state index in [9.17, 15) is 19.7 Å². The Morgan fingerprint density at radius 2 is 2.19 bits per heavy atom. The Balaban J connectivity index is 1.98. The number of ether oxygens (including phenoxy) is 1. The van der Waals surface area contributed by atoms with Crippen LogP contribution in [0.2, 0.25) is 5.02 Å². The van der Waals surface area contributed by atoms with Crippen molar-refractivity contribution < 1.29 is 19.0 Å². The largest absolute Gasteiger partial charge is 0.465 e. The minimum absolute atomic E-state index is 0.0170. The standard InChI is InChI=1S/C16H11ClN4O6/c1-26-16(23)10-6-12(21(24)25)15(22)20(7-10)8-13-18-14(19-27-13)9-3-2-4-11(17)5-9/h2-7H,8H2,1H3. The zero-order valence-corrected chi connectivity index (χ0v) is 14.5. The van der Waals surface area contributed by atoms with Crippen LogP contribution in [0.15, 0.2) is 45.8 Å². The second kappa shape index (κ2) is 7.38. The van der Waals surface area contributed by atoms with Crippen molar-refractivity contribution in [3.05, 3.63) is 73.5 Å². The molecule has 2 aromatic heterocycles. The third-order valence-electron chi connectivity index (χ3n) is 3.54. The van der Waals surface area contributed by atoms with Crippen LogP contribution in [0, 0.1) is 10.1 Å². The number of pyridine rings is 1. The molecule has 138 valence electrons. The summed E-state index contributed by atoms with van der Waals surface area (Å²) < 4.78 is 10.6. The lowest BCUT2D eigenvalue weighted by molar-refractivity contribution is -0.386. The molecule has 0 saturated carbocycles. The highest BCUT2D eigenvalue weighted by atomic mass is 35.5. The highest BCUT2D eigenvalue weighted by Crippen LogP contribution is 2.20. The van der Waals surface area contributed by atoms with E-state index in [1.54, 1.807) is 24.3 Å². The molecule has 2 heterocycles. The lowest BCUT2D eigenvalue weighted by atomic mass is 10.2. The molecule has 0 atom stereocenters. The van der Waals surface area contributed by atoms with Gasteiger partial charge in [-0.3, -0.25) is 19.5 Å². The lowest BCUT2D eigenvalue weighted by Crippen LogP contribution is -2.24. The van der Waals surface area contributed by atoms with Crippen LogP contribution in [-0.2, 0) is 11.3 Å². The second-order valence-corrected chi connectivity index (χ2v) is 5.75. The highest BCUT2D eigenvalue weighted by Gasteiger charge is 2.21. The molecular formula is C16H11ClN4O6. The molecule has 11 heteroatoms. The molecule has 0 N–H and O–H groups in total. The summed E-state index contributed by atoms with van der Waals surface area (Å²) in [5.41, 5.74) is -1.25. The van der Waals surface area contributed by atoms with E-state index in [1.165, 1.54) is 0 Å². The van der Waals surface area contributed by atoms with Crippen molar-refractivity contribution in [2.24, 2.45) is 0 Å². The molecule has 0 fully saturated rings. The van der Waals surface area contributed by atoms with Gasteiger partial charge in [-0.2, -0.15) is 4.98 Å². The maximum Gasteiger partial charge on any atom is 0.339 e. The number of rotatable bonds is 5. The third kappa shape index (κ3) is 3.85. The fourth-order valence-corrected chi connectivity index (χ4v) is 2.50. The van der Waals surface area contributed by atoms with Crippen molar-refractivity contribution in [2.45, 2.75) is 6.54 Å². The molecule has 0 spiro atoms. The van der Waals surface area contributed by atoms with Crippen molar-refractivity contribution in [1.29, 1.82) is 0 Å². The molecule has 27 heavy (non-hydrogen) atoms. The van der Waals surface area contributed by atoms with Gasteiger partial charge < -0.3 is 9.26 Å². The van der Waals surface area contributed by atoms with Crippen LogP contribution < -0.4 is 5.56 Å². The van der Waals surface area contributed by atoms with Gasteiger partial charge in [-0.15, -0.1) is 0 Å². The Hall–Kier alpha value is -3.53. The first-order valence-corrected chi connectivity index (χ1v) is 7.82. The Morgan fingerprint density at radius 1 is 1.41 bits per heavy atom. The SMILES string of the molecule is COC(=O)c1cc([N+](=O)[O-])c(=O)n(Cc2nc(-c3cccc(Cl)c3)no2)c1. The van der Waals surface area contributed by atoms with Crippen molar-refractivity contribution in [1.82, 2.24) is 14.7 Å². The average Bonchev–Trinajstić information content (AvgIpc) is 3.11. The van der Waals surface area contributed by atoms with E-state index < -0.39 is 22.1 Å². The molecule has 10 nitrogen and oxygen atoms in total. The van der Waals surface area contributed by atoms with Crippen LogP contribution >= 0.6 is 11.6 Å². The molecule has 0 aliphatic heterocycles. The van der Waals surface area contributed by atoms with E-state index in [2.05, 4.69) is 14.9 Å². The van der Waals surface area contributed by atoms with Crippen LogP contribution in [-0.4, -0.2) is 32.7 Å².